The maximum Gasteiger partial charge on any atom is 0.311 e. The van der Waals surface area contributed by atoms with E-state index in [0.717, 1.165) is 37.3 Å². The third-order valence-electron chi connectivity index (χ3n) is 5.96. The number of hydrogen-bond donors (Lipinski definition) is 0. The summed E-state index contributed by atoms with van der Waals surface area (Å²) >= 11 is 0. The first kappa shape index (κ1) is 19.0. The van der Waals surface area contributed by atoms with E-state index in [9.17, 15) is 4.79 Å². The number of methoxy groups -OCH3 is 1. The molecule has 0 bridgehead atoms. The quantitative estimate of drug-likeness (QED) is 0.740. The minimum Gasteiger partial charge on any atom is -0.496 e. The highest BCUT2D eigenvalue weighted by molar-refractivity contribution is 5.70. The van der Waals surface area contributed by atoms with Gasteiger partial charge in [-0.25, -0.2) is 0 Å². The summed E-state index contributed by atoms with van der Waals surface area (Å²) in [5.74, 6) is 1.99. The van der Waals surface area contributed by atoms with Gasteiger partial charge < -0.3 is 14.4 Å². The zero-order chi connectivity index (χ0) is 18.9. The van der Waals surface area contributed by atoms with Gasteiger partial charge in [-0.15, -0.1) is 0 Å². The first-order valence-electron chi connectivity index (χ1n) is 9.61. The molecule has 4 nitrogen and oxygen atoms in total. The van der Waals surface area contributed by atoms with Gasteiger partial charge in [0.2, 0.25) is 0 Å². The fourth-order valence-corrected chi connectivity index (χ4v) is 4.53. The van der Waals surface area contributed by atoms with Crippen molar-refractivity contribution in [1.82, 2.24) is 4.90 Å². The molecule has 1 aromatic rings. The average molecular weight is 357 g/mol. The summed E-state index contributed by atoms with van der Waals surface area (Å²) in [4.78, 5) is 14.5. The summed E-state index contributed by atoms with van der Waals surface area (Å²) < 4.78 is 11.1. The Morgan fingerprint density at radius 1 is 1.38 bits per heavy atom. The Kier molecular flexibility index (Phi) is 5.42. The van der Waals surface area contributed by atoms with Crippen LogP contribution in [0.15, 0.2) is 30.0 Å². The lowest BCUT2D eigenvalue weighted by Crippen LogP contribution is -2.43. The molecule has 3 rings (SSSR count). The van der Waals surface area contributed by atoms with Gasteiger partial charge >= 0.3 is 5.97 Å². The van der Waals surface area contributed by atoms with Crippen molar-refractivity contribution in [2.24, 2.45) is 5.92 Å². The topological polar surface area (TPSA) is 38.8 Å². The van der Waals surface area contributed by atoms with Crippen molar-refractivity contribution in [3.05, 3.63) is 41.2 Å². The van der Waals surface area contributed by atoms with Crippen LogP contribution in [0.25, 0.3) is 0 Å². The van der Waals surface area contributed by atoms with Gasteiger partial charge in [0.1, 0.15) is 11.5 Å². The zero-order valence-electron chi connectivity index (χ0n) is 16.7. The lowest BCUT2D eigenvalue weighted by Gasteiger charge is -2.41. The second-order valence-corrected chi connectivity index (χ2v) is 8.24. The third-order valence-corrected chi connectivity index (χ3v) is 5.96. The maximum absolute atomic E-state index is 12.1. The lowest BCUT2D eigenvalue weighted by atomic mass is 9.68. The Morgan fingerprint density at radius 2 is 2.15 bits per heavy atom. The van der Waals surface area contributed by atoms with Crippen LogP contribution >= 0.6 is 0 Å². The number of benzene rings is 1. The largest absolute Gasteiger partial charge is 0.496 e. The van der Waals surface area contributed by atoms with Crippen LogP contribution in [-0.2, 0) is 14.9 Å². The molecule has 26 heavy (non-hydrogen) atoms. The van der Waals surface area contributed by atoms with Crippen LogP contribution in [-0.4, -0.2) is 37.6 Å². The molecule has 2 aliphatic rings. The van der Waals surface area contributed by atoms with E-state index in [1.165, 1.54) is 11.1 Å². The fourth-order valence-electron chi connectivity index (χ4n) is 4.53. The van der Waals surface area contributed by atoms with Gasteiger partial charge in [0, 0.05) is 24.3 Å². The molecule has 1 heterocycles. The SMILES string of the molecule is COc1ccc([C@@]23CC=C(OC(=O)CC(C)C)C[C@@H]2N(C)CC3)cc1C. The molecule has 0 spiro atoms. The molecule has 1 aliphatic carbocycles. The van der Waals surface area contributed by atoms with Gasteiger partial charge in [0.15, 0.2) is 0 Å². The van der Waals surface area contributed by atoms with Crippen LogP contribution in [0.2, 0.25) is 0 Å². The number of ether oxygens (including phenoxy) is 2. The first-order valence-corrected chi connectivity index (χ1v) is 9.61. The Balaban J connectivity index is 1.85. The molecule has 1 saturated heterocycles. The molecule has 0 amide bonds. The maximum atomic E-state index is 12.1. The number of nitrogens with zero attached hydrogens (tertiary/aromatic N) is 1. The van der Waals surface area contributed by atoms with Crippen LogP contribution in [0.5, 0.6) is 5.75 Å². The Hall–Kier alpha value is -1.81. The van der Waals surface area contributed by atoms with Crippen LogP contribution in [0.3, 0.4) is 0 Å². The molecule has 0 N–H and O–H groups in total. The summed E-state index contributed by atoms with van der Waals surface area (Å²) in [6.07, 6.45) is 5.46. The molecule has 142 valence electrons. The number of allylic oxidation sites excluding steroid dienone is 1. The Labute approximate surface area is 157 Å². The van der Waals surface area contributed by atoms with Crippen molar-refractivity contribution in [2.45, 2.75) is 57.9 Å². The third kappa shape index (κ3) is 3.52. The molecule has 2 atom stereocenters. The number of carbonyl (C=O) groups is 1. The van der Waals surface area contributed by atoms with Crippen molar-refractivity contribution in [1.29, 1.82) is 0 Å². The molecule has 0 aromatic heterocycles. The van der Waals surface area contributed by atoms with Gasteiger partial charge in [0.25, 0.3) is 0 Å². The smallest absolute Gasteiger partial charge is 0.311 e. The number of rotatable bonds is 5. The summed E-state index contributed by atoms with van der Waals surface area (Å²) in [6.45, 7) is 7.25. The van der Waals surface area contributed by atoms with Crippen LogP contribution in [0.4, 0.5) is 0 Å². The second kappa shape index (κ2) is 7.43. The van der Waals surface area contributed by atoms with Crippen molar-refractivity contribution in [2.75, 3.05) is 20.7 Å². The Morgan fingerprint density at radius 3 is 2.81 bits per heavy atom. The van der Waals surface area contributed by atoms with Gasteiger partial charge in [-0.05, 0) is 62.5 Å². The molecule has 0 unspecified atom stereocenters. The summed E-state index contributed by atoms with van der Waals surface area (Å²) in [5, 5.41) is 0. The zero-order valence-corrected chi connectivity index (χ0v) is 16.7. The van der Waals surface area contributed by atoms with Crippen LogP contribution < -0.4 is 4.74 Å². The Bertz CT molecular complexity index is 709. The highest BCUT2D eigenvalue weighted by atomic mass is 16.5. The normalized spacial score (nSPS) is 25.8. The number of esters is 1. The molecule has 1 aliphatic heterocycles. The van der Waals surface area contributed by atoms with Gasteiger partial charge in [-0.3, -0.25) is 4.79 Å². The van der Waals surface area contributed by atoms with Gasteiger partial charge in [-0.1, -0.05) is 26.0 Å². The van der Waals surface area contributed by atoms with E-state index in [1.807, 2.05) is 13.8 Å². The predicted octanol–water partition coefficient (Wildman–Crippen LogP) is 4.21. The minimum absolute atomic E-state index is 0.0970. The molecular formula is C22H31NO3. The van der Waals surface area contributed by atoms with Crippen molar-refractivity contribution in [3.63, 3.8) is 0 Å². The monoisotopic (exact) mass is 357 g/mol. The highest BCUT2D eigenvalue weighted by Gasteiger charge is 2.49. The van der Waals surface area contributed by atoms with Gasteiger partial charge in [0.05, 0.1) is 7.11 Å². The number of fused-ring (bicyclic) bond motifs is 1. The van der Waals surface area contributed by atoms with E-state index >= 15 is 0 Å². The standard InChI is InChI=1S/C22H31NO3/c1-15(2)12-21(24)26-18-8-9-22(10-11-23(4)20(22)14-18)17-6-7-19(25-5)16(3)13-17/h6-8,13,15,20H,9-12,14H2,1-5H3/t20-,22-/m0/s1. The minimum atomic E-state index is -0.111. The van der Waals surface area contributed by atoms with Crippen LogP contribution in [0.1, 0.15) is 50.7 Å². The number of likely N-dealkylation sites (N-methyl/N-ethyl adjacent to an activating group) is 1. The number of carbonyl (C=O) groups excluding carboxylic acids is 1. The van der Waals surface area contributed by atoms with Crippen molar-refractivity contribution >= 4 is 5.97 Å². The van der Waals surface area contributed by atoms with E-state index in [2.05, 4.69) is 43.1 Å². The predicted molar refractivity (Wildman–Crippen MR) is 103 cm³/mol. The van der Waals surface area contributed by atoms with Crippen molar-refractivity contribution in [3.8, 4) is 5.75 Å². The van der Waals surface area contributed by atoms with Crippen molar-refractivity contribution < 1.29 is 14.3 Å². The molecular weight excluding hydrogens is 326 g/mol. The first-order chi connectivity index (χ1) is 12.4. The second-order valence-electron chi connectivity index (χ2n) is 8.24. The summed E-state index contributed by atoms with van der Waals surface area (Å²) in [7, 11) is 3.90. The number of hydrogen-bond acceptors (Lipinski definition) is 4. The molecule has 4 heteroatoms. The van der Waals surface area contributed by atoms with E-state index in [1.54, 1.807) is 7.11 Å². The lowest BCUT2D eigenvalue weighted by molar-refractivity contribution is -0.140. The number of likely N-dealkylation sites (tertiary alicyclic amines) is 1. The van der Waals surface area contributed by atoms with E-state index in [-0.39, 0.29) is 11.4 Å². The van der Waals surface area contributed by atoms with Crippen LogP contribution in [0, 0.1) is 12.8 Å². The molecule has 1 fully saturated rings. The molecule has 0 saturated carbocycles. The van der Waals surface area contributed by atoms with E-state index in [0.29, 0.717) is 18.4 Å². The fraction of sp³-hybridized carbons (Fsp3) is 0.591. The number of aryl methyl sites for hydroxylation is 1. The van der Waals surface area contributed by atoms with E-state index < -0.39 is 0 Å². The van der Waals surface area contributed by atoms with E-state index in [4.69, 9.17) is 9.47 Å². The summed E-state index contributed by atoms with van der Waals surface area (Å²) in [6, 6.07) is 6.93. The highest BCUT2D eigenvalue weighted by Crippen LogP contribution is 2.48. The van der Waals surface area contributed by atoms with Gasteiger partial charge in [-0.2, -0.15) is 0 Å². The average Bonchev–Trinajstić information content (AvgIpc) is 2.92. The molecule has 0 radical (unpaired) electrons. The summed E-state index contributed by atoms with van der Waals surface area (Å²) in [5.41, 5.74) is 2.64. The molecule has 1 aromatic carbocycles.